The third-order valence-electron chi connectivity index (χ3n) is 2.07. The zero-order chi connectivity index (χ0) is 13.7. The van der Waals surface area contributed by atoms with E-state index in [-0.39, 0.29) is 17.3 Å². The molecule has 0 fully saturated rings. The summed E-state index contributed by atoms with van der Waals surface area (Å²) in [5.74, 6) is 0.0925. The molecule has 0 aliphatic carbocycles. The van der Waals surface area contributed by atoms with Gasteiger partial charge in [0, 0.05) is 6.08 Å². The molecule has 1 rings (SSSR count). The van der Waals surface area contributed by atoms with Gasteiger partial charge in [-0.1, -0.05) is 6.08 Å². The van der Waals surface area contributed by atoms with Crippen molar-refractivity contribution in [2.24, 2.45) is 0 Å². The second-order valence-electron chi connectivity index (χ2n) is 3.57. The Labute approximate surface area is 119 Å². The van der Waals surface area contributed by atoms with Crippen molar-refractivity contribution in [1.82, 2.24) is 0 Å². The molecule has 0 spiro atoms. The molecule has 5 heteroatoms. The molecule has 18 heavy (non-hydrogen) atoms. The Bertz CT molecular complexity index is 518. The van der Waals surface area contributed by atoms with Gasteiger partial charge in [0.25, 0.3) is 0 Å². The largest absolute Gasteiger partial charge is 0.508 e. The molecule has 0 bridgehead atoms. The molecule has 96 valence electrons. The fourth-order valence-corrected chi connectivity index (χ4v) is 1.91. The fourth-order valence-electron chi connectivity index (χ4n) is 1.28. The molecule has 0 saturated heterocycles. The highest BCUT2D eigenvalue weighted by Gasteiger charge is 2.06. The van der Waals surface area contributed by atoms with E-state index in [1.165, 1.54) is 20.1 Å². The Morgan fingerprint density at radius 1 is 1.44 bits per heavy atom. The van der Waals surface area contributed by atoms with E-state index in [9.17, 15) is 15.0 Å². The van der Waals surface area contributed by atoms with Gasteiger partial charge in [-0.15, -0.1) is 0 Å². The van der Waals surface area contributed by atoms with Crippen molar-refractivity contribution in [3.05, 3.63) is 39.2 Å². The number of hydrogen-bond donors (Lipinski definition) is 2. The lowest BCUT2D eigenvalue weighted by Crippen LogP contribution is -1.88. The molecule has 0 aromatic heterocycles. The number of aliphatic hydroxyl groups excluding tert-OH is 1. The van der Waals surface area contributed by atoms with Crippen LogP contribution >= 0.6 is 22.6 Å². The predicted octanol–water partition coefficient (Wildman–Crippen LogP) is 3.05. The predicted molar refractivity (Wildman–Crippen MR) is 77.8 cm³/mol. The summed E-state index contributed by atoms with van der Waals surface area (Å²) in [6, 6.07) is 3.37. The van der Waals surface area contributed by atoms with E-state index >= 15 is 0 Å². The number of aromatic hydroxyl groups is 1. The summed E-state index contributed by atoms with van der Waals surface area (Å²) in [6.45, 7) is 1.36. The maximum atomic E-state index is 10.7. The van der Waals surface area contributed by atoms with Crippen molar-refractivity contribution in [2.45, 2.75) is 6.92 Å². The van der Waals surface area contributed by atoms with Crippen LogP contribution in [0.25, 0.3) is 6.08 Å². The summed E-state index contributed by atoms with van der Waals surface area (Å²) in [5.41, 5.74) is 0.748. The standard InChI is InChI=1S/C13H13IO4/c1-8(15)5-10(16)4-3-9-6-11(14)13(17)12(7-9)18-2/h3-7,16-17H,1-2H3/b4-3+,10-5-/i14-2. The first kappa shape index (κ1) is 14.6. The molecule has 1 aromatic carbocycles. The van der Waals surface area contributed by atoms with Crippen LogP contribution in [0.15, 0.2) is 30.0 Å². The first-order valence-corrected chi connectivity index (χ1v) is 6.17. The number of aliphatic hydroxyl groups is 1. The summed E-state index contributed by atoms with van der Waals surface area (Å²) in [6.07, 6.45) is 4.15. The monoisotopic (exact) mass is 358 g/mol. The average molecular weight is 358 g/mol. The van der Waals surface area contributed by atoms with Gasteiger partial charge in [-0.2, -0.15) is 0 Å². The number of carbonyl (C=O) groups excluding carboxylic acids is 1. The van der Waals surface area contributed by atoms with Gasteiger partial charge in [-0.25, -0.2) is 0 Å². The molecule has 0 radical (unpaired) electrons. The number of phenolic OH excluding ortho intramolecular Hbond substituents is 1. The van der Waals surface area contributed by atoms with E-state index in [0.29, 0.717) is 9.32 Å². The quantitative estimate of drug-likeness (QED) is 0.376. The van der Waals surface area contributed by atoms with Crippen LogP contribution in [0.4, 0.5) is 0 Å². The van der Waals surface area contributed by atoms with E-state index in [1.54, 1.807) is 18.2 Å². The summed E-state index contributed by atoms with van der Waals surface area (Å²) in [4.78, 5) is 10.7. The highest BCUT2D eigenvalue weighted by atomic mass is 125. The van der Waals surface area contributed by atoms with Crippen LogP contribution in [0.2, 0.25) is 0 Å². The molecular formula is C13H13IO4. The first-order valence-electron chi connectivity index (χ1n) is 5.10. The maximum absolute atomic E-state index is 10.7. The average Bonchev–Trinajstić information content (AvgIpc) is 2.29. The molecule has 0 amide bonds. The van der Waals surface area contributed by atoms with Crippen LogP contribution in [0.3, 0.4) is 0 Å². The lowest BCUT2D eigenvalue weighted by Gasteiger charge is -2.06. The van der Waals surface area contributed by atoms with Gasteiger partial charge in [0.05, 0.1) is 10.7 Å². The normalized spacial score (nSPS) is 11.8. The zero-order valence-electron chi connectivity index (χ0n) is 9.98. The number of hydrogen-bond acceptors (Lipinski definition) is 4. The zero-order valence-corrected chi connectivity index (χ0v) is 12.1. The Morgan fingerprint density at radius 2 is 2.11 bits per heavy atom. The minimum absolute atomic E-state index is 0.0822. The number of methoxy groups -OCH3 is 1. The van der Waals surface area contributed by atoms with Gasteiger partial charge in [-0.3, -0.25) is 4.79 Å². The Morgan fingerprint density at radius 3 is 2.67 bits per heavy atom. The second-order valence-corrected chi connectivity index (χ2v) is 4.73. The van der Waals surface area contributed by atoms with Gasteiger partial charge in [0.15, 0.2) is 17.3 Å². The van der Waals surface area contributed by atoms with E-state index in [2.05, 4.69) is 0 Å². The summed E-state index contributed by atoms with van der Waals surface area (Å²) in [7, 11) is 1.46. The molecule has 0 heterocycles. The molecule has 0 unspecified atom stereocenters. The topological polar surface area (TPSA) is 66.8 Å². The molecule has 2 N–H and O–H groups in total. The highest BCUT2D eigenvalue weighted by molar-refractivity contribution is 14.1. The third kappa shape index (κ3) is 4.06. The Hall–Kier alpha value is -1.50. The van der Waals surface area contributed by atoms with Gasteiger partial charge in [0.2, 0.25) is 0 Å². The van der Waals surface area contributed by atoms with Crippen molar-refractivity contribution in [3.63, 3.8) is 0 Å². The second kappa shape index (κ2) is 6.44. The minimum atomic E-state index is -0.227. The fraction of sp³-hybridized carbons (Fsp3) is 0.154. The van der Waals surface area contributed by atoms with Crippen LogP contribution < -0.4 is 4.74 Å². The van der Waals surface area contributed by atoms with Gasteiger partial charge in [0.1, 0.15) is 5.76 Å². The SMILES string of the molecule is COc1cc(/C=C/C(O)=C/C(C)=O)cc([125I])c1O. The molecule has 1 aromatic rings. The number of phenols is 1. The Kier molecular flexibility index (Phi) is 5.21. The number of carbonyl (C=O) groups is 1. The van der Waals surface area contributed by atoms with E-state index in [1.807, 2.05) is 22.6 Å². The van der Waals surface area contributed by atoms with Gasteiger partial charge < -0.3 is 14.9 Å². The first-order chi connectivity index (χ1) is 8.43. The van der Waals surface area contributed by atoms with Gasteiger partial charge in [-0.05, 0) is 53.3 Å². The number of rotatable bonds is 4. The van der Waals surface area contributed by atoms with Crippen molar-refractivity contribution >= 4 is 34.5 Å². The van der Waals surface area contributed by atoms with Gasteiger partial charge >= 0.3 is 0 Å². The molecule has 0 aliphatic rings. The highest BCUT2D eigenvalue weighted by Crippen LogP contribution is 2.32. The van der Waals surface area contributed by atoms with Crippen molar-refractivity contribution < 1.29 is 19.7 Å². The van der Waals surface area contributed by atoms with E-state index in [0.717, 1.165) is 11.6 Å². The third-order valence-corrected chi connectivity index (χ3v) is 2.89. The minimum Gasteiger partial charge on any atom is -0.508 e. The summed E-state index contributed by atoms with van der Waals surface area (Å²) >= 11 is 1.98. The maximum Gasteiger partial charge on any atom is 0.171 e. The number of ether oxygens (including phenoxy) is 1. The Balaban J connectivity index is 3.02. The van der Waals surface area contributed by atoms with Crippen LogP contribution in [0, 0.1) is 3.57 Å². The lowest BCUT2D eigenvalue weighted by molar-refractivity contribution is -0.112. The molecular weight excluding hydrogens is 345 g/mol. The summed E-state index contributed by atoms with van der Waals surface area (Å²) < 4.78 is 5.66. The van der Waals surface area contributed by atoms with Crippen LogP contribution in [-0.4, -0.2) is 23.1 Å². The number of ketones is 1. The number of allylic oxidation sites excluding steroid dienone is 2. The number of halogens is 1. The smallest absolute Gasteiger partial charge is 0.171 e. The van der Waals surface area contributed by atoms with Crippen LogP contribution in [0.5, 0.6) is 11.5 Å². The lowest BCUT2D eigenvalue weighted by atomic mass is 10.2. The summed E-state index contributed by atoms with van der Waals surface area (Å²) in [5, 5.41) is 19.1. The van der Waals surface area contributed by atoms with Crippen LogP contribution in [-0.2, 0) is 4.79 Å². The van der Waals surface area contributed by atoms with Crippen molar-refractivity contribution in [1.29, 1.82) is 0 Å². The van der Waals surface area contributed by atoms with Crippen LogP contribution in [0.1, 0.15) is 12.5 Å². The van der Waals surface area contributed by atoms with E-state index < -0.39 is 0 Å². The molecule has 0 aliphatic heterocycles. The molecule has 0 atom stereocenters. The van der Waals surface area contributed by atoms with Crippen molar-refractivity contribution in [3.8, 4) is 11.5 Å². The van der Waals surface area contributed by atoms with E-state index in [4.69, 9.17) is 4.74 Å². The van der Waals surface area contributed by atoms with Crippen molar-refractivity contribution in [2.75, 3.05) is 7.11 Å². The molecule has 4 nitrogen and oxygen atoms in total. The molecule has 0 saturated carbocycles. The number of benzene rings is 1.